The Kier molecular flexibility index (Phi) is 6.15. The molecule has 0 aliphatic carbocycles. The lowest BCUT2D eigenvalue weighted by Gasteiger charge is -2.14. The van der Waals surface area contributed by atoms with Crippen LogP contribution in [-0.4, -0.2) is 28.6 Å². The van der Waals surface area contributed by atoms with Crippen LogP contribution in [0.4, 0.5) is 4.39 Å². The van der Waals surface area contributed by atoms with Crippen molar-refractivity contribution < 1.29 is 23.8 Å². The molecule has 1 amide bonds. The quantitative estimate of drug-likeness (QED) is 0.689. The van der Waals surface area contributed by atoms with Gasteiger partial charge in [-0.05, 0) is 51.0 Å². The molecule has 0 aliphatic heterocycles. The predicted molar refractivity (Wildman–Crippen MR) is 94.1 cm³/mol. The van der Waals surface area contributed by atoms with E-state index in [0.717, 1.165) is 5.56 Å². The largest absolute Gasteiger partial charge is 0.451 e. The molecule has 2 aromatic rings. The maximum Gasteiger partial charge on any atom is 0.355 e. The number of aromatic amines is 1. The van der Waals surface area contributed by atoms with E-state index in [0.29, 0.717) is 16.8 Å². The van der Waals surface area contributed by atoms with Crippen molar-refractivity contribution in [1.29, 1.82) is 0 Å². The van der Waals surface area contributed by atoms with Gasteiger partial charge in [-0.3, -0.25) is 4.79 Å². The molecule has 1 aromatic heterocycles. The normalized spacial score (nSPS) is 13.2. The zero-order valence-electron chi connectivity index (χ0n) is 15.2. The zero-order chi connectivity index (χ0) is 19.4. The average Bonchev–Trinajstić information content (AvgIpc) is 2.87. The van der Waals surface area contributed by atoms with Gasteiger partial charge in [0.15, 0.2) is 6.61 Å². The van der Waals surface area contributed by atoms with Crippen molar-refractivity contribution in [2.24, 2.45) is 0 Å². The summed E-state index contributed by atoms with van der Waals surface area (Å²) in [6.45, 7) is 6.39. The van der Waals surface area contributed by atoms with E-state index in [1.165, 1.54) is 12.1 Å². The molecule has 0 saturated heterocycles. The first kappa shape index (κ1) is 19.7. The summed E-state index contributed by atoms with van der Waals surface area (Å²) in [5, 5.41) is 12.4. The first-order valence-corrected chi connectivity index (χ1v) is 8.29. The molecule has 0 aliphatic rings. The molecule has 0 radical (unpaired) electrons. The summed E-state index contributed by atoms with van der Waals surface area (Å²) in [4.78, 5) is 27.1. The average molecular weight is 362 g/mol. The minimum absolute atomic E-state index is 0.220. The summed E-state index contributed by atoms with van der Waals surface area (Å²) in [7, 11) is 0. The van der Waals surface area contributed by atoms with Crippen molar-refractivity contribution >= 4 is 11.9 Å². The highest BCUT2D eigenvalue weighted by Gasteiger charge is 2.21. The highest BCUT2D eigenvalue weighted by atomic mass is 19.1. The molecule has 26 heavy (non-hydrogen) atoms. The molecule has 0 saturated carbocycles. The number of aliphatic hydroxyl groups is 1. The SMILES string of the molecule is Cc1[nH]c(C(=O)OCC(=O)N[C@@H](C)c2ccc(F)cc2)c(C)c1[C@H](C)O. The number of H-pyrrole nitrogens is 1. The lowest BCUT2D eigenvalue weighted by atomic mass is 10.1. The highest BCUT2D eigenvalue weighted by molar-refractivity contribution is 5.91. The number of carbonyl (C=O) groups is 2. The Hall–Kier alpha value is -2.67. The molecule has 6 nitrogen and oxygen atoms in total. The molecule has 7 heteroatoms. The van der Waals surface area contributed by atoms with Gasteiger partial charge in [-0.25, -0.2) is 9.18 Å². The van der Waals surface area contributed by atoms with E-state index in [2.05, 4.69) is 10.3 Å². The van der Waals surface area contributed by atoms with E-state index in [1.54, 1.807) is 39.8 Å². The van der Waals surface area contributed by atoms with E-state index in [4.69, 9.17) is 4.74 Å². The number of ether oxygens (including phenoxy) is 1. The van der Waals surface area contributed by atoms with Crippen LogP contribution >= 0.6 is 0 Å². The van der Waals surface area contributed by atoms with E-state index < -0.39 is 24.6 Å². The van der Waals surface area contributed by atoms with Crippen LogP contribution in [0.25, 0.3) is 0 Å². The van der Waals surface area contributed by atoms with Crippen LogP contribution in [0.15, 0.2) is 24.3 Å². The maximum absolute atomic E-state index is 12.9. The Bertz CT molecular complexity index is 797. The number of halogens is 1. The van der Waals surface area contributed by atoms with E-state index in [-0.39, 0.29) is 17.6 Å². The Morgan fingerprint density at radius 2 is 1.85 bits per heavy atom. The van der Waals surface area contributed by atoms with Crippen LogP contribution in [0.3, 0.4) is 0 Å². The molecule has 3 N–H and O–H groups in total. The number of esters is 1. The number of aromatic nitrogens is 1. The summed E-state index contributed by atoms with van der Waals surface area (Å²) in [5.74, 6) is -1.48. The van der Waals surface area contributed by atoms with Gasteiger partial charge in [-0.2, -0.15) is 0 Å². The maximum atomic E-state index is 12.9. The van der Waals surface area contributed by atoms with Crippen molar-refractivity contribution in [3.8, 4) is 0 Å². The number of amides is 1. The van der Waals surface area contributed by atoms with Crippen molar-refractivity contribution in [3.63, 3.8) is 0 Å². The van der Waals surface area contributed by atoms with Crippen LogP contribution in [0.1, 0.15) is 58.9 Å². The Morgan fingerprint density at radius 1 is 1.23 bits per heavy atom. The lowest BCUT2D eigenvalue weighted by Crippen LogP contribution is -2.31. The molecule has 1 aromatic carbocycles. The summed E-state index contributed by atoms with van der Waals surface area (Å²) in [5.41, 5.74) is 2.88. The fraction of sp³-hybridized carbons (Fsp3) is 0.368. The van der Waals surface area contributed by atoms with Crippen molar-refractivity contribution in [1.82, 2.24) is 10.3 Å². The molecular weight excluding hydrogens is 339 g/mol. The van der Waals surface area contributed by atoms with Crippen LogP contribution in [0, 0.1) is 19.7 Å². The first-order valence-electron chi connectivity index (χ1n) is 8.29. The van der Waals surface area contributed by atoms with Gasteiger partial charge in [-0.15, -0.1) is 0 Å². The molecule has 0 bridgehead atoms. The Balaban J connectivity index is 1.94. The van der Waals surface area contributed by atoms with Gasteiger partial charge >= 0.3 is 5.97 Å². The van der Waals surface area contributed by atoms with Gasteiger partial charge in [0.25, 0.3) is 5.91 Å². The number of benzene rings is 1. The molecule has 0 unspecified atom stereocenters. The van der Waals surface area contributed by atoms with Crippen LogP contribution in [0.5, 0.6) is 0 Å². The van der Waals surface area contributed by atoms with Gasteiger partial charge in [0.2, 0.25) is 0 Å². The second kappa shape index (κ2) is 8.14. The van der Waals surface area contributed by atoms with Gasteiger partial charge in [0.05, 0.1) is 12.1 Å². The van der Waals surface area contributed by atoms with Gasteiger partial charge in [0, 0.05) is 11.3 Å². The number of aliphatic hydroxyl groups excluding tert-OH is 1. The standard InChI is InChI=1S/C19H23FN2O4/c1-10-17(13(4)23)12(3)22-18(10)19(25)26-9-16(24)21-11(2)14-5-7-15(20)8-6-14/h5-8,11,13,22-23H,9H2,1-4H3,(H,21,24)/t11-,13-/m0/s1. The summed E-state index contributed by atoms with van der Waals surface area (Å²) >= 11 is 0. The number of aryl methyl sites for hydroxylation is 1. The molecule has 0 spiro atoms. The second-order valence-electron chi connectivity index (χ2n) is 6.26. The monoisotopic (exact) mass is 362 g/mol. The number of nitrogens with one attached hydrogen (secondary N) is 2. The fourth-order valence-electron chi connectivity index (χ4n) is 2.92. The molecule has 2 atom stereocenters. The van der Waals surface area contributed by atoms with Crippen molar-refractivity contribution in [2.45, 2.75) is 39.8 Å². The minimum Gasteiger partial charge on any atom is -0.451 e. The lowest BCUT2D eigenvalue weighted by molar-refractivity contribution is -0.124. The number of carbonyl (C=O) groups excluding carboxylic acids is 2. The second-order valence-corrected chi connectivity index (χ2v) is 6.26. The molecule has 2 rings (SSSR count). The first-order chi connectivity index (χ1) is 12.2. The third kappa shape index (κ3) is 4.49. The van der Waals surface area contributed by atoms with Gasteiger partial charge in [0.1, 0.15) is 11.5 Å². The predicted octanol–water partition coefficient (Wildman–Crippen LogP) is 2.86. The number of rotatable bonds is 6. The molecule has 1 heterocycles. The van der Waals surface area contributed by atoms with Crippen molar-refractivity contribution in [3.05, 3.63) is 58.2 Å². The minimum atomic E-state index is -0.715. The topological polar surface area (TPSA) is 91.4 Å². The van der Waals surface area contributed by atoms with E-state index in [1.807, 2.05) is 0 Å². The van der Waals surface area contributed by atoms with Crippen molar-refractivity contribution in [2.75, 3.05) is 6.61 Å². The third-order valence-corrected chi connectivity index (χ3v) is 4.20. The van der Waals surface area contributed by atoms with Crippen LogP contribution < -0.4 is 5.32 Å². The summed E-state index contributed by atoms with van der Waals surface area (Å²) < 4.78 is 18.0. The van der Waals surface area contributed by atoms with Crippen LogP contribution in [-0.2, 0) is 9.53 Å². The summed E-state index contributed by atoms with van der Waals surface area (Å²) in [6, 6.07) is 5.43. The smallest absolute Gasteiger partial charge is 0.355 e. The summed E-state index contributed by atoms with van der Waals surface area (Å²) in [6.07, 6.45) is -0.715. The number of hydrogen-bond donors (Lipinski definition) is 3. The third-order valence-electron chi connectivity index (χ3n) is 4.20. The molecular formula is C19H23FN2O4. The fourth-order valence-corrected chi connectivity index (χ4v) is 2.92. The van der Waals surface area contributed by atoms with Gasteiger partial charge < -0.3 is 20.1 Å². The van der Waals surface area contributed by atoms with E-state index in [9.17, 15) is 19.1 Å². The highest BCUT2D eigenvalue weighted by Crippen LogP contribution is 2.24. The number of hydrogen-bond acceptors (Lipinski definition) is 4. The van der Waals surface area contributed by atoms with E-state index >= 15 is 0 Å². The Morgan fingerprint density at radius 3 is 2.38 bits per heavy atom. The van der Waals surface area contributed by atoms with Gasteiger partial charge in [-0.1, -0.05) is 12.1 Å². The van der Waals surface area contributed by atoms with Crippen LogP contribution in [0.2, 0.25) is 0 Å². The molecule has 140 valence electrons. The molecule has 0 fully saturated rings. The Labute approximate surface area is 151 Å². The zero-order valence-corrected chi connectivity index (χ0v) is 15.2.